The molecule has 3 rings (SSSR count). The van der Waals surface area contributed by atoms with Crippen molar-refractivity contribution < 1.29 is 18.0 Å². The molecule has 12 heteroatoms. The first-order chi connectivity index (χ1) is 11.7. The van der Waals surface area contributed by atoms with Crippen molar-refractivity contribution in [2.75, 3.05) is 5.73 Å². The monoisotopic (exact) mass is 354 g/mol. The molecule has 3 aromatic rings. The number of H-pyrrole nitrogens is 1. The average molecular weight is 354 g/mol. The Morgan fingerprint density at radius 3 is 2.72 bits per heavy atom. The Balaban J connectivity index is 1.96. The molecule has 0 saturated carbocycles. The van der Waals surface area contributed by atoms with E-state index in [1.807, 2.05) is 0 Å². The highest BCUT2D eigenvalue weighted by Gasteiger charge is 2.35. The number of carbonyl (C=O) groups is 1. The van der Waals surface area contributed by atoms with Crippen molar-refractivity contribution in [3.63, 3.8) is 0 Å². The molecule has 0 bridgehead atoms. The number of nitrogens with zero attached hydrogens (tertiary/aromatic N) is 5. The van der Waals surface area contributed by atoms with Crippen LogP contribution in [0.4, 0.5) is 19.1 Å². The highest BCUT2D eigenvalue weighted by molar-refractivity contribution is 5.99. The number of alkyl halides is 3. The number of nitrogens with two attached hydrogens (primary N) is 1. The summed E-state index contributed by atoms with van der Waals surface area (Å²) in [4.78, 5) is 20.3. The number of amides is 1. The van der Waals surface area contributed by atoms with Crippen LogP contribution >= 0.6 is 0 Å². The minimum atomic E-state index is -4.63. The van der Waals surface area contributed by atoms with E-state index in [1.165, 1.54) is 6.92 Å². The molecule has 0 aromatic carbocycles. The third kappa shape index (κ3) is 3.09. The Kier molecular flexibility index (Phi) is 3.81. The van der Waals surface area contributed by atoms with Gasteiger partial charge in [-0.15, -0.1) is 5.10 Å². The van der Waals surface area contributed by atoms with Gasteiger partial charge in [0.05, 0.1) is 12.2 Å². The van der Waals surface area contributed by atoms with Gasteiger partial charge in [0.2, 0.25) is 5.95 Å². The zero-order valence-corrected chi connectivity index (χ0v) is 13.1. The van der Waals surface area contributed by atoms with Crippen molar-refractivity contribution in [1.29, 1.82) is 0 Å². The maximum Gasteiger partial charge on any atom is 0.433 e. The summed E-state index contributed by atoms with van der Waals surface area (Å²) in [6.45, 7) is 3.02. The molecule has 9 nitrogen and oxygen atoms in total. The first-order valence-electron chi connectivity index (χ1n) is 7.08. The molecule has 4 N–H and O–H groups in total. The van der Waals surface area contributed by atoms with E-state index in [1.54, 1.807) is 6.92 Å². The van der Waals surface area contributed by atoms with Crippen LogP contribution in [0.1, 0.15) is 40.5 Å². The zero-order valence-electron chi connectivity index (χ0n) is 13.1. The minimum Gasteiger partial charge on any atom is -0.367 e. The lowest BCUT2D eigenvalue weighted by Crippen LogP contribution is -2.27. The maximum absolute atomic E-state index is 13.1. The minimum absolute atomic E-state index is 0.0131. The number of halogens is 3. The highest BCUT2D eigenvalue weighted by atomic mass is 19.4. The topological polar surface area (TPSA) is 127 Å². The molecular weight excluding hydrogens is 341 g/mol. The molecule has 0 radical (unpaired) electrons. The van der Waals surface area contributed by atoms with Crippen LogP contribution in [0.2, 0.25) is 0 Å². The number of fused-ring (bicyclic) bond motifs is 1. The second-order valence-electron chi connectivity index (χ2n) is 5.35. The predicted octanol–water partition coefficient (Wildman–Crippen LogP) is 1.25. The van der Waals surface area contributed by atoms with Gasteiger partial charge in [-0.25, -0.2) is 9.50 Å². The molecule has 0 saturated heterocycles. The number of aryl methyl sites for hydroxylation is 1. The van der Waals surface area contributed by atoms with Crippen LogP contribution < -0.4 is 11.1 Å². The normalized spacial score (nSPS) is 13.2. The van der Waals surface area contributed by atoms with Gasteiger partial charge in [-0.05, 0) is 19.9 Å². The van der Waals surface area contributed by atoms with Gasteiger partial charge in [0.1, 0.15) is 17.1 Å². The second kappa shape index (κ2) is 5.72. The molecule has 0 unspecified atom stereocenters. The summed E-state index contributed by atoms with van der Waals surface area (Å²) in [6.07, 6.45) is -3.59. The smallest absolute Gasteiger partial charge is 0.367 e. The van der Waals surface area contributed by atoms with Crippen LogP contribution in [0.25, 0.3) is 5.65 Å². The third-order valence-corrected chi connectivity index (χ3v) is 3.41. The lowest BCUT2D eigenvalue weighted by molar-refractivity contribution is -0.142. The van der Waals surface area contributed by atoms with Gasteiger partial charge in [0, 0.05) is 5.69 Å². The Hall–Kier alpha value is -3.18. The summed E-state index contributed by atoms with van der Waals surface area (Å²) >= 11 is 0. The molecule has 0 aliphatic carbocycles. The second-order valence-corrected chi connectivity index (χ2v) is 5.35. The van der Waals surface area contributed by atoms with Crippen molar-refractivity contribution in [1.82, 2.24) is 35.1 Å². The van der Waals surface area contributed by atoms with E-state index in [2.05, 4.69) is 30.6 Å². The molecule has 0 fully saturated rings. The van der Waals surface area contributed by atoms with Crippen molar-refractivity contribution in [3.8, 4) is 0 Å². The molecule has 3 aromatic heterocycles. The Bertz CT molecular complexity index is 945. The van der Waals surface area contributed by atoms with Crippen LogP contribution in [-0.4, -0.2) is 35.7 Å². The standard InChI is InChI=1S/C13H13F3N8O/c1-5-3-8(13(14,15)16)24-10(19-5)7(4-18-24)11(25)20-6(2)9-21-12(17)23-22-9/h3-4,6H,1-2H3,(H,20,25)(H3,17,21,22,23)/t6-/m0/s1. The SMILES string of the molecule is Cc1cc(C(F)(F)F)n2ncc(C(=O)N[C@@H](C)c3nc(N)n[nH]3)c2n1. The quantitative estimate of drug-likeness (QED) is 0.650. The van der Waals surface area contributed by atoms with Crippen molar-refractivity contribution in [2.45, 2.75) is 26.1 Å². The average Bonchev–Trinajstić information content (AvgIpc) is 3.11. The molecule has 1 amide bonds. The van der Waals surface area contributed by atoms with Gasteiger partial charge in [-0.3, -0.25) is 9.89 Å². The van der Waals surface area contributed by atoms with Gasteiger partial charge in [0.15, 0.2) is 5.65 Å². The number of nitrogen functional groups attached to an aromatic ring is 1. The fourth-order valence-electron chi connectivity index (χ4n) is 2.27. The molecule has 25 heavy (non-hydrogen) atoms. The number of rotatable bonds is 3. The Labute approximate surface area is 138 Å². The van der Waals surface area contributed by atoms with E-state index >= 15 is 0 Å². The van der Waals surface area contributed by atoms with Crippen LogP contribution in [0.15, 0.2) is 12.3 Å². The molecular formula is C13H13F3N8O. The van der Waals surface area contributed by atoms with Gasteiger partial charge >= 0.3 is 6.18 Å². The Morgan fingerprint density at radius 2 is 2.12 bits per heavy atom. The van der Waals surface area contributed by atoms with Crippen LogP contribution in [0.5, 0.6) is 0 Å². The molecule has 1 atom stereocenters. The number of carbonyl (C=O) groups excluding carboxylic acids is 1. The molecule has 0 aliphatic rings. The summed E-state index contributed by atoms with van der Waals surface area (Å²) in [5.74, 6) is -0.328. The Morgan fingerprint density at radius 1 is 1.40 bits per heavy atom. The van der Waals surface area contributed by atoms with E-state index in [0.717, 1.165) is 12.3 Å². The first-order valence-corrected chi connectivity index (χ1v) is 7.08. The lowest BCUT2D eigenvalue weighted by atomic mass is 10.2. The maximum atomic E-state index is 13.1. The van der Waals surface area contributed by atoms with Crippen LogP contribution in [0, 0.1) is 6.92 Å². The number of hydrogen-bond donors (Lipinski definition) is 3. The summed E-state index contributed by atoms with van der Waals surface area (Å²) in [6, 6.07) is 0.265. The van der Waals surface area contributed by atoms with Crippen LogP contribution in [0.3, 0.4) is 0 Å². The van der Waals surface area contributed by atoms with E-state index in [-0.39, 0.29) is 22.9 Å². The van der Waals surface area contributed by atoms with Gasteiger partial charge < -0.3 is 11.1 Å². The highest BCUT2D eigenvalue weighted by Crippen LogP contribution is 2.30. The van der Waals surface area contributed by atoms with Crippen molar-refractivity contribution >= 4 is 17.5 Å². The number of anilines is 1. The summed E-state index contributed by atoms with van der Waals surface area (Å²) in [7, 11) is 0. The first kappa shape index (κ1) is 16.7. The molecule has 132 valence electrons. The fraction of sp³-hybridized carbons (Fsp3) is 0.308. The van der Waals surface area contributed by atoms with E-state index < -0.39 is 23.8 Å². The molecule has 0 aliphatic heterocycles. The van der Waals surface area contributed by atoms with Crippen molar-refractivity contribution in [2.24, 2.45) is 0 Å². The van der Waals surface area contributed by atoms with E-state index in [4.69, 9.17) is 5.73 Å². The van der Waals surface area contributed by atoms with Crippen LogP contribution in [-0.2, 0) is 6.18 Å². The fourth-order valence-corrected chi connectivity index (χ4v) is 2.27. The number of nitrogens with one attached hydrogen (secondary N) is 2. The zero-order chi connectivity index (χ0) is 18.4. The van der Waals surface area contributed by atoms with E-state index in [0.29, 0.717) is 10.3 Å². The number of aromatic amines is 1. The lowest BCUT2D eigenvalue weighted by Gasteiger charge is -2.11. The van der Waals surface area contributed by atoms with Gasteiger partial charge in [-0.1, -0.05) is 0 Å². The molecule has 3 heterocycles. The van der Waals surface area contributed by atoms with Gasteiger partial charge in [0.25, 0.3) is 5.91 Å². The number of hydrogen-bond acceptors (Lipinski definition) is 6. The van der Waals surface area contributed by atoms with Gasteiger partial charge in [-0.2, -0.15) is 23.3 Å². The molecule has 0 spiro atoms. The summed E-state index contributed by atoms with van der Waals surface area (Å²) < 4.78 is 40.0. The third-order valence-electron chi connectivity index (χ3n) is 3.41. The van der Waals surface area contributed by atoms with E-state index in [9.17, 15) is 18.0 Å². The number of aromatic nitrogens is 6. The summed E-state index contributed by atoms with van der Waals surface area (Å²) in [5, 5.41) is 12.4. The largest absolute Gasteiger partial charge is 0.433 e. The summed E-state index contributed by atoms with van der Waals surface area (Å²) in [5.41, 5.74) is 4.23. The predicted molar refractivity (Wildman–Crippen MR) is 79.4 cm³/mol. The van der Waals surface area contributed by atoms with Crippen molar-refractivity contribution in [3.05, 3.63) is 35.0 Å².